The second kappa shape index (κ2) is 8.34. The second-order valence-electron chi connectivity index (χ2n) is 6.94. The molecule has 0 bridgehead atoms. The van der Waals surface area contributed by atoms with E-state index < -0.39 is 0 Å². The molecule has 0 saturated carbocycles. The van der Waals surface area contributed by atoms with Gasteiger partial charge in [-0.05, 0) is 67.1 Å². The lowest BCUT2D eigenvalue weighted by Crippen LogP contribution is -2.47. The van der Waals surface area contributed by atoms with Crippen LogP contribution in [0.5, 0.6) is 5.75 Å². The molecule has 0 radical (unpaired) electrons. The quantitative estimate of drug-likeness (QED) is 0.862. The van der Waals surface area contributed by atoms with Crippen LogP contribution in [0, 0.1) is 11.7 Å². The van der Waals surface area contributed by atoms with Crippen molar-refractivity contribution in [3.05, 3.63) is 59.9 Å². The Kier molecular flexibility index (Phi) is 5.92. The summed E-state index contributed by atoms with van der Waals surface area (Å²) in [5.74, 6) is 1.20. The predicted molar refractivity (Wildman–Crippen MR) is 101 cm³/mol. The number of rotatable bonds is 6. The van der Waals surface area contributed by atoms with Gasteiger partial charge in [-0.15, -0.1) is 0 Å². The Balaban J connectivity index is 1.64. The third-order valence-electron chi connectivity index (χ3n) is 4.68. The van der Waals surface area contributed by atoms with Gasteiger partial charge in [0.2, 0.25) is 0 Å². The van der Waals surface area contributed by atoms with Gasteiger partial charge in [0.05, 0.1) is 6.61 Å². The predicted octanol–water partition coefficient (Wildman–Crippen LogP) is 4.01. The van der Waals surface area contributed by atoms with Gasteiger partial charge in [0, 0.05) is 24.8 Å². The number of nitrogens with zero attached hydrogens (tertiary/aromatic N) is 1. The van der Waals surface area contributed by atoms with Crippen LogP contribution in [0.15, 0.2) is 48.5 Å². The van der Waals surface area contributed by atoms with Gasteiger partial charge in [0.25, 0.3) is 0 Å². The molecule has 2 aromatic carbocycles. The molecule has 1 fully saturated rings. The number of hydrogen-bond acceptors (Lipinski definition) is 3. The molecule has 134 valence electrons. The Hall–Kier alpha value is -2.07. The van der Waals surface area contributed by atoms with Crippen molar-refractivity contribution in [2.24, 2.45) is 11.7 Å². The SMILES string of the molecule is CCCOc1ccc(N2CC(N)CC(Cc3ccc(F)cc3)C2)cc1. The van der Waals surface area contributed by atoms with E-state index in [0.29, 0.717) is 5.92 Å². The number of piperidine rings is 1. The van der Waals surface area contributed by atoms with E-state index in [9.17, 15) is 4.39 Å². The lowest BCUT2D eigenvalue weighted by Gasteiger charge is -2.38. The molecule has 0 amide bonds. The minimum absolute atomic E-state index is 0.162. The maximum Gasteiger partial charge on any atom is 0.123 e. The van der Waals surface area contributed by atoms with Gasteiger partial charge >= 0.3 is 0 Å². The van der Waals surface area contributed by atoms with E-state index in [0.717, 1.165) is 44.7 Å². The number of ether oxygens (including phenoxy) is 1. The lowest BCUT2D eigenvalue weighted by molar-refractivity contribution is 0.317. The van der Waals surface area contributed by atoms with Crippen LogP contribution in [-0.2, 0) is 6.42 Å². The smallest absolute Gasteiger partial charge is 0.123 e. The Morgan fingerprint density at radius 2 is 1.80 bits per heavy atom. The molecule has 0 aromatic heterocycles. The van der Waals surface area contributed by atoms with Gasteiger partial charge in [-0.3, -0.25) is 0 Å². The third-order valence-corrected chi connectivity index (χ3v) is 4.68. The molecular weight excluding hydrogens is 315 g/mol. The zero-order chi connectivity index (χ0) is 17.6. The second-order valence-corrected chi connectivity index (χ2v) is 6.94. The van der Waals surface area contributed by atoms with Gasteiger partial charge < -0.3 is 15.4 Å². The summed E-state index contributed by atoms with van der Waals surface area (Å²) in [5.41, 5.74) is 8.65. The first-order valence-corrected chi connectivity index (χ1v) is 9.12. The van der Waals surface area contributed by atoms with Gasteiger partial charge in [-0.2, -0.15) is 0 Å². The van der Waals surface area contributed by atoms with E-state index in [4.69, 9.17) is 10.5 Å². The molecule has 25 heavy (non-hydrogen) atoms. The van der Waals surface area contributed by atoms with Crippen molar-refractivity contribution < 1.29 is 9.13 Å². The van der Waals surface area contributed by atoms with E-state index >= 15 is 0 Å². The number of hydrogen-bond donors (Lipinski definition) is 1. The van der Waals surface area contributed by atoms with Crippen molar-refractivity contribution in [1.82, 2.24) is 0 Å². The Morgan fingerprint density at radius 1 is 1.08 bits per heavy atom. The molecule has 2 atom stereocenters. The van der Waals surface area contributed by atoms with Crippen molar-refractivity contribution in [2.45, 2.75) is 32.2 Å². The molecule has 0 spiro atoms. The van der Waals surface area contributed by atoms with Crippen LogP contribution in [-0.4, -0.2) is 25.7 Å². The Bertz CT molecular complexity index is 657. The van der Waals surface area contributed by atoms with Crippen LogP contribution < -0.4 is 15.4 Å². The van der Waals surface area contributed by atoms with Crippen LogP contribution in [0.3, 0.4) is 0 Å². The summed E-state index contributed by atoms with van der Waals surface area (Å²) in [4.78, 5) is 2.35. The molecule has 1 heterocycles. The first-order chi connectivity index (χ1) is 12.1. The van der Waals surface area contributed by atoms with Gasteiger partial charge in [-0.1, -0.05) is 19.1 Å². The van der Waals surface area contributed by atoms with Crippen molar-refractivity contribution >= 4 is 5.69 Å². The highest BCUT2D eigenvalue weighted by molar-refractivity contribution is 5.49. The normalized spacial score (nSPS) is 20.5. The highest BCUT2D eigenvalue weighted by atomic mass is 19.1. The van der Waals surface area contributed by atoms with Crippen molar-refractivity contribution in [3.8, 4) is 5.75 Å². The molecule has 2 unspecified atom stereocenters. The van der Waals surface area contributed by atoms with Gasteiger partial charge in [0.1, 0.15) is 11.6 Å². The van der Waals surface area contributed by atoms with Crippen LogP contribution in [0.25, 0.3) is 0 Å². The molecule has 2 aromatic rings. The molecule has 1 aliphatic rings. The van der Waals surface area contributed by atoms with Crippen molar-refractivity contribution in [2.75, 3.05) is 24.6 Å². The first kappa shape index (κ1) is 17.7. The van der Waals surface area contributed by atoms with Crippen LogP contribution >= 0.6 is 0 Å². The summed E-state index contributed by atoms with van der Waals surface area (Å²) in [6.07, 6.45) is 2.95. The monoisotopic (exact) mass is 342 g/mol. The standard InChI is InChI=1S/C21H27FN2O/c1-2-11-25-21-9-7-20(8-10-21)24-14-17(13-19(23)15-24)12-16-3-5-18(22)6-4-16/h3-10,17,19H,2,11-15,23H2,1H3. The van der Waals surface area contributed by atoms with Crippen LogP contribution in [0.4, 0.5) is 10.1 Å². The number of benzene rings is 2. The molecule has 1 aliphatic heterocycles. The molecule has 0 aliphatic carbocycles. The van der Waals surface area contributed by atoms with Crippen LogP contribution in [0.1, 0.15) is 25.3 Å². The summed E-state index contributed by atoms with van der Waals surface area (Å²) in [7, 11) is 0. The van der Waals surface area contributed by atoms with Crippen molar-refractivity contribution in [3.63, 3.8) is 0 Å². The van der Waals surface area contributed by atoms with E-state index in [-0.39, 0.29) is 11.9 Å². The molecule has 3 rings (SSSR count). The summed E-state index contributed by atoms with van der Waals surface area (Å²) in [6, 6.07) is 15.3. The fourth-order valence-electron chi connectivity index (χ4n) is 3.53. The topological polar surface area (TPSA) is 38.5 Å². The summed E-state index contributed by atoms with van der Waals surface area (Å²) >= 11 is 0. The van der Waals surface area contributed by atoms with Crippen molar-refractivity contribution in [1.29, 1.82) is 0 Å². The molecule has 1 saturated heterocycles. The number of nitrogens with two attached hydrogens (primary N) is 1. The average molecular weight is 342 g/mol. The average Bonchev–Trinajstić information content (AvgIpc) is 2.62. The zero-order valence-corrected chi connectivity index (χ0v) is 14.8. The lowest BCUT2D eigenvalue weighted by atomic mass is 9.89. The maximum absolute atomic E-state index is 13.1. The van der Waals surface area contributed by atoms with E-state index in [1.807, 2.05) is 24.3 Å². The zero-order valence-electron chi connectivity index (χ0n) is 14.8. The summed E-state index contributed by atoms with van der Waals surface area (Å²) < 4.78 is 18.7. The maximum atomic E-state index is 13.1. The molecule has 3 nitrogen and oxygen atoms in total. The highest BCUT2D eigenvalue weighted by Crippen LogP contribution is 2.27. The number of halogens is 1. The fourth-order valence-corrected chi connectivity index (χ4v) is 3.53. The summed E-state index contributed by atoms with van der Waals surface area (Å²) in [6.45, 7) is 4.69. The fraction of sp³-hybridized carbons (Fsp3) is 0.429. The molecular formula is C21H27FN2O. The highest BCUT2D eigenvalue weighted by Gasteiger charge is 2.25. The summed E-state index contributed by atoms with van der Waals surface area (Å²) in [5, 5.41) is 0. The minimum atomic E-state index is -0.184. The largest absolute Gasteiger partial charge is 0.494 e. The third kappa shape index (κ3) is 4.95. The van der Waals surface area contributed by atoms with Crippen LogP contribution in [0.2, 0.25) is 0 Å². The van der Waals surface area contributed by atoms with Gasteiger partial charge in [-0.25, -0.2) is 4.39 Å². The minimum Gasteiger partial charge on any atom is -0.494 e. The Labute approximate surface area is 149 Å². The van der Waals surface area contributed by atoms with Gasteiger partial charge in [0.15, 0.2) is 0 Å². The molecule has 4 heteroatoms. The van der Waals surface area contributed by atoms with E-state index in [2.05, 4.69) is 24.0 Å². The van der Waals surface area contributed by atoms with E-state index in [1.165, 1.54) is 23.4 Å². The Morgan fingerprint density at radius 3 is 2.48 bits per heavy atom. The number of anilines is 1. The van der Waals surface area contributed by atoms with E-state index in [1.54, 1.807) is 0 Å². The first-order valence-electron chi connectivity index (χ1n) is 9.12. The molecule has 2 N–H and O–H groups in total.